The monoisotopic (exact) mass is 529 g/mol. The van der Waals surface area contributed by atoms with Gasteiger partial charge in [0, 0.05) is 24.1 Å². The molecule has 0 unspecified atom stereocenters. The number of rotatable bonds is 7. The molecule has 1 aliphatic heterocycles. The largest absolute Gasteiger partial charge is 0.456 e. The number of ether oxygens (including phenoxy) is 1. The number of anilines is 1. The van der Waals surface area contributed by atoms with Gasteiger partial charge in [-0.05, 0) is 84.9 Å². The molecule has 0 saturated heterocycles. The second-order valence-electron chi connectivity index (χ2n) is 9.68. The van der Waals surface area contributed by atoms with E-state index in [0.29, 0.717) is 23.6 Å². The second kappa shape index (κ2) is 10.2. The molecule has 0 saturated carbocycles. The first-order chi connectivity index (χ1) is 18.1. The lowest BCUT2D eigenvalue weighted by molar-refractivity contribution is 0.443. The van der Waals surface area contributed by atoms with Crippen LogP contribution in [0.4, 0.5) is 5.69 Å². The van der Waals surface area contributed by atoms with Gasteiger partial charge in [0.25, 0.3) is 10.1 Å². The van der Waals surface area contributed by atoms with Gasteiger partial charge in [-0.25, -0.2) is 0 Å². The molecule has 5 rings (SSSR count). The molecule has 2 heterocycles. The Morgan fingerprint density at radius 3 is 2.45 bits per heavy atom. The number of furan rings is 1. The van der Waals surface area contributed by atoms with Crippen LogP contribution in [0.25, 0.3) is 28.2 Å². The molecule has 1 aliphatic rings. The highest BCUT2D eigenvalue weighted by Gasteiger charge is 2.24. The zero-order valence-corrected chi connectivity index (χ0v) is 22.8. The van der Waals surface area contributed by atoms with E-state index in [9.17, 15) is 13.0 Å². The van der Waals surface area contributed by atoms with Gasteiger partial charge < -0.3 is 14.1 Å². The fourth-order valence-corrected chi connectivity index (χ4v) is 5.16. The average Bonchev–Trinajstić information content (AvgIpc) is 3.38. The van der Waals surface area contributed by atoms with Crippen molar-refractivity contribution in [1.29, 1.82) is 0 Å². The summed E-state index contributed by atoms with van der Waals surface area (Å²) in [5, 5.41) is 0.831. The maximum absolute atomic E-state index is 11.6. The van der Waals surface area contributed by atoms with E-state index in [1.165, 1.54) is 11.1 Å². The van der Waals surface area contributed by atoms with Crippen molar-refractivity contribution >= 4 is 32.9 Å². The van der Waals surface area contributed by atoms with E-state index >= 15 is 0 Å². The minimum atomic E-state index is -4.15. The van der Waals surface area contributed by atoms with E-state index in [2.05, 4.69) is 19.9 Å². The summed E-state index contributed by atoms with van der Waals surface area (Å²) in [6.45, 7) is 6.20. The highest BCUT2D eigenvalue weighted by Crippen LogP contribution is 2.40. The minimum Gasteiger partial charge on any atom is -0.456 e. The first-order valence-corrected chi connectivity index (χ1v) is 14.2. The first-order valence-electron chi connectivity index (χ1n) is 12.6. The maximum atomic E-state index is 11.6. The molecule has 7 heteroatoms. The summed E-state index contributed by atoms with van der Waals surface area (Å²) < 4.78 is 45.2. The normalized spacial score (nSPS) is 14.8. The number of fused-ring (bicyclic) bond motifs is 2. The van der Waals surface area contributed by atoms with Crippen LogP contribution in [0.3, 0.4) is 0 Å². The molecule has 38 heavy (non-hydrogen) atoms. The van der Waals surface area contributed by atoms with E-state index in [-0.39, 0.29) is 12.2 Å². The minimum absolute atomic E-state index is 0.129. The third kappa shape index (κ3) is 5.26. The molecule has 0 bridgehead atoms. The lowest BCUT2D eigenvalue weighted by atomic mass is 10.0. The second-order valence-corrected chi connectivity index (χ2v) is 11.3. The van der Waals surface area contributed by atoms with Gasteiger partial charge in [0.15, 0.2) is 5.75 Å². The Kier molecular flexibility index (Phi) is 6.90. The first kappa shape index (κ1) is 25.8. The van der Waals surface area contributed by atoms with Crippen LogP contribution in [0.5, 0.6) is 5.75 Å². The van der Waals surface area contributed by atoms with Gasteiger partial charge in [-0.1, -0.05) is 43.3 Å². The molecule has 0 amide bonds. The van der Waals surface area contributed by atoms with Crippen LogP contribution in [0.15, 0.2) is 82.6 Å². The molecule has 1 N–H and O–H groups in total. The molecule has 4 aromatic rings. The summed E-state index contributed by atoms with van der Waals surface area (Å²) in [6.07, 6.45) is 4.76. The Balaban J connectivity index is 1.57. The van der Waals surface area contributed by atoms with Crippen LogP contribution in [-0.2, 0) is 16.5 Å². The van der Waals surface area contributed by atoms with Gasteiger partial charge in [0.2, 0.25) is 5.88 Å². The average molecular weight is 530 g/mol. The zero-order valence-electron chi connectivity index (χ0n) is 22.0. The molecule has 1 aromatic heterocycles. The fourth-order valence-electron chi connectivity index (χ4n) is 4.70. The van der Waals surface area contributed by atoms with Crippen molar-refractivity contribution < 1.29 is 22.1 Å². The number of benzene rings is 3. The van der Waals surface area contributed by atoms with Crippen molar-refractivity contribution in [3.05, 3.63) is 101 Å². The third-order valence-electron chi connectivity index (χ3n) is 7.05. The molecule has 0 spiro atoms. The van der Waals surface area contributed by atoms with Crippen molar-refractivity contribution in [2.75, 3.05) is 17.7 Å². The number of hydrogen-bond acceptors (Lipinski definition) is 5. The van der Waals surface area contributed by atoms with E-state index in [1.54, 1.807) is 0 Å². The molecule has 196 valence electrons. The highest BCUT2D eigenvalue weighted by atomic mass is 32.2. The van der Waals surface area contributed by atoms with E-state index in [1.807, 2.05) is 85.6 Å². The molecule has 3 aromatic carbocycles. The number of aryl methyl sites for hydroxylation is 3. The van der Waals surface area contributed by atoms with Crippen molar-refractivity contribution in [3.8, 4) is 16.9 Å². The number of nitrogens with zero attached hydrogens (tertiary/aromatic N) is 1. The summed E-state index contributed by atoms with van der Waals surface area (Å²) in [4.78, 5) is 2.02. The van der Waals surface area contributed by atoms with Crippen molar-refractivity contribution in [2.45, 2.75) is 33.6 Å². The molecule has 6 nitrogen and oxygen atoms in total. The van der Waals surface area contributed by atoms with Gasteiger partial charge >= 0.3 is 0 Å². The smallest absolute Gasteiger partial charge is 0.265 e. The van der Waals surface area contributed by atoms with Crippen LogP contribution in [0, 0.1) is 13.8 Å². The summed E-state index contributed by atoms with van der Waals surface area (Å²) in [5.41, 5.74) is 7.82. The summed E-state index contributed by atoms with van der Waals surface area (Å²) in [6, 6.07) is 20.1. The standard InChI is InChI=1S/C31H31NO5S/c1-5-22(18-31-32(4)27-15-20(2)21(3)16-30(27)37-31)17-29-25(13-14-38(33,34)35)26-19-24(11-12-28(26)36-29)23-9-7-6-8-10-23/h6-12,15-19H,5,13-14H2,1-4H3,(H,33,34,35)/b22-17-,31-18+. The van der Waals surface area contributed by atoms with Gasteiger partial charge in [-0.15, -0.1) is 0 Å². The molecule has 0 radical (unpaired) electrons. The Bertz CT molecular complexity index is 1680. The lowest BCUT2D eigenvalue weighted by Crippen LogP contribution is -2.13. The van der Waals surface area contributed by atoms with Crippen molar-refractivity contribution in [2.24, 2.45) is 0 Å². The topological polar surface area (TPSA) is 80.0 Å². The molecular weight excluding hydrogens is 498 g/mol. The van der Waals surface area contributed by atoms with Crippen LogP contribution in [0.2, 0.25) is 0 Å². The van der Waals surface area contributed by atoms with Crippen molar-refractivity contribution in [3.63, 3.8) is 0 Å². The Hall–Kier alpha value is -3.81. The van der Waals surface area contributed by atoms with E-state index < -0.39 is 10.1 Å². The Morgan fingerprint density at radius 2 is 1.74 bits per heavy atom. The van der Waals surface area contributed by atoms with Crippen LogP contribution < -0.4 is 9.64 Å². The predicted octanol–water partition coefficient (Wildman–Crippen LogP) is 7.31. The number of hydrogen-bond donors (Lipinski definition) is 1. The van der Waals surface area contributed by atoms with Crippen molar-refractivity contribution in [1.82, 2.24) is 0 Å². The lowest BCUT2D eigenvalue weighted by Gasteiger charge is -2.12. The Labute approximate surface area is 223 Å². The van der Waals surface area contributed by atoms with E-state index in [4.69, 9.17) is 9.15 Å². The van der Waals surface area contributed by atoms with Gasteiger partial charge in [0.05, 0.1) is 11.4 Å². The number of allylic oxidation sites excluding steroid dienone is 2. The van der Waals surface area contributed by atoms with Gasteiger partial charge in [0.1, 0.15) is 11.3 Å². The van der Waals surface area contributed by atoms with Gasteiger partial charge in [-0.2, -0.15) is 8.42 Å². The molecular formula is C31H31NO5S. The molecule has 0 fully saturated rings. The van der Waals surface area contributed by atoms with Crippen LogP contribution >= 0.6 is 0 Å². The highest BCUT2D eigenvalue weighted by molar-refractivity contribution is 7.85. The summed E-state index contributed by atoms with van der Waals surface area (Å²) in [7, 11) is -2.17. The fraction of sp³-hybridized carbons (Fsp3) is 0.226. The summed E-state index contributed by atoms with van der Waals surface area (Å²) >= 11 is 0. The van der Waals surface area contributed by atoms with Crippen LogP contribution in [0.1, 0.15) is 35.8 Å². The summed E-state index contributed by atoms with van der Waals surface area (Å²) in [5.74, 6) is 1.72. The molecule has 0 aliphatic carbocycles. The van der Waals surface area contributed by atoms with Crippen LogP contribution in [-0.4, -0.2) is 25.8 Å². The SMILES string of the molecule is CCC(=C/c1oc2ccc(-c3ccccc3)cc2c1CCS(=O)(=O)O)/C=C1/Oc2cc(C)c(C)cc2N1C. The van der Waals surface area contributed by atoms with E-state index in [0.717, 1.165) is 39.1 Å². The third-order valence-corrected chi connectivity index (χ3v) is 7.77. The Morgan fingerprint density at radius 1 is 1.00 bits per heavy atom. The molecule has 0 atom stereocenters. The zero-order chi connectivity index (χ0) is 27.0. The predicted molar refractivity (Wildman–Crippen MR) is 153 cm³/mol. The quantitative estimate of drug-likeness (QED) is 0.253. The van der Waals surface area contributed by atoms with Gasteiger partial charge in [-0.3, -0.25) is 4.55 Å². The maximum Gasteiger partial charge on any atom is 0.265 e.